The Balaban J connectivity index is 2.51. The van der Waals surface area contributed by atoms with Crippen LogP contribution in [0.1, 0.15) is 5.56 Å². The fourth-order valence-corrected chi connectivity index (χ4v) is 1.20. The van der Waals surface area contributed by atoms with Crippen LogP contribution in [0, 0.1) is 17.1 Å². The first-order chi connectivity index (χ1) is 8.81. The summed E-state index contributed by atoms with van der Waals surface area (Å²) >= 11 is 0. The predicted octanol–water partition coefficient (Wildman–Crippen LogP) is 1.79. The van der Waals surface area contributed by atoms with Crippen LogP contribution in [0.5, 0.6) is 0 Å². The lowest BCUT2D eigenvalue weighted by Gasteiger charge is -2.09. The van der Waals surface area contributed by atoms with Crippen LogP contribution in [-0.4, -0.2) is 25.2 Å². The normalized spacial score (nSPS) is 10.9. The SMILES string of the molecule is N#Cc1ccc(NC(=O)CNCC(F)(F)F)c(F)c1. The zero-order valence-corrected chi connectivity index (χ0v) is 9.51. The molecule has 19 heavy (non-hydrogen) atoms. The van der Waals surface area contributed by atoms with Crippen LogP contribution in [0.2, 0.25) is 0 Å². The highest BCUT2D eigenvalue weighted by atomic mass is 19.4. The molecule has 0 aliphatic rings. The smallest absolute Gasteiger partial charge is 0.322 e. The molecule has 0 saturated heterocycles. The lowest BCUT2D eigenvalue weighted by Crippen LogP contribution is -2.35. The van der Waals surface area contributed by atoms with Crippen molar-refractivity contribution >= 4 is 11.6 Å². The van der Waals surface area contributed by atoms with Gasteiger partial charge in [-0.1, -0.05) is 0 Å². The quantitative estimate of drug-likeness (QED) is 0.823. The number of hydrogen-bond acceptors (Lipinski definition) is 3. The van der Waals surface area contributed by atoms with Crippen molar-refractivity contribution in [3.63, 3.8) is 0 Å². The third kappa shape index (κ3) is 5.35. The van der Waals surface area contributed by atoms with Crippen molar-refractivity contribution in [1.29, 1.82) is 5.26 Å². The van der Waals surface area contributed by atoms with Crippen molar-refractivity contribution in [3.8, 4) is 6.07 Å². The van der Waals surface area contributed by atoms with Gasteiger partial charge in [0.25, 0.3) is 0 Å². The van der Waals surface area contributed by atoms with Gasteiger partial charge in [-0.25, -0.2) is 4.39 Å². The molecule has 0 fully saturated rings. The lowest BCUT2D eigenvalue weighted by molar-refractivity contribution is -0.126. The topological polar surface area (TPSA) is 64.9 Å². The van der Waals surface area contributed by atoms with E-state index in [1.165, 1.54) is 6.07 Å². The average molecular weight is 275 g/mol. The molecule has 102 valence electrons. The maximum atomic E-state index is 13.3. The van der Waals surface area contributed by atoms with Crippen LogP contribution >= 0.6 is 0 Å². The Morgan fingerprint density at radius 2 is 2.05 bits per heavy atom. The van der Waals surface area contributed by atoms with E-state index in [-0.39, 0.29) is 11.3 Å². The molecule has 0 atom stereocenters. The van der Waals surface area contributed by atoms with E-state index in [0.29, 0.717) is 0 Å². The summed E-state index contributed by atoms with van der Waals surface area (Å²) in [6.45, 7) is -1.91. The number of carbonyl (C=O) groups is 1. The van der Waals surface area contributed by atoms with Crippen molar-refractivity contribution in [1.82, 2.24) is 5.32 Å². The first kappa shape index (κ1) is 14.9. The minimum absolute atomic E-state index is 0.0747. The van der Waals surface area contributed by atoms with E-state index in [2.05, 4.69) is 5.32 Å². The highest BCUT2D eigenvalue weighted by Crippen LogP contribution is 2.15. The number of alkyl halides is 3. The van der Waals surface area contributed by atoms with Gasteiger partial charge in [-0.3, -0.25) is 4.79 Å². The molecule has 0 heterocycles. The Morgan fingerprint density at radius 3 is 2.58 bits per heavy atom. The Bertz CT molecular complexity index is 508. The lowest BCUT2D eigenvalue weighted by atomic mass is 10.2. The summed E-state index contributed by atoms with van der Waals surface area (Å²) < 4.78 is 48.7. The first-order valence-electron chi connectivity index (χ1n) is 5.09. The van der Waals surface area contributed by atoms with Crippen molar-refractivity contribution in [2.75, 3.05) is 18.4 Å². The van der Waals surface area contributed by atoms with E-state index < -0.39 is 31.0 Å². The molecule has 1 aromatic carbocycles. The highest BCUT2D eigenvalue weighted by Gasteiger charge is 2.26. The largest absolute Gasteiger partial charge is 0.401 e. The number of nitrogens with zero attached hydrogens (tertiary/aromatic N) is 1. The molecule has 8 heteroatoms. The van der Waals surface area contributed by atoms with Gasteiger partial charge in [0.2, 0.25) is 5.91 Å². The molecule has 1 amide bonds. The number of anilines is 1. The Kier molecular flexibility index (Phi) is 4.83. The van der Waals surface area contributed by atoms with E-state index in [9.17, 15) is 22.4 Å². The van der Waals surface area contributed by atoms with Gasteiger partial charge in [-0.05, 0) is 18.2 Å². The summed E-state index contributed by atoms with van der Waals surface area (Å²) in [5.74, 6) is -1.64. The van der Waals surface area contributed by atoms with Crippen molar-refractivity contribution in [2.45, 2.75) is 6.18 Å². The minimum atomic E-state index is -4.42. The molecule has 1 rings (SSSR count). The Morgan fingerprint density at radius 1 is 1.37 bits per heavy atom. The minimum Gasteiger partial charge on any atom is -0.322 e. The van der Waals surface area contributed by atoms with Gasteiger partial charge >= 0.3 is 6.18 Å². The molecule has 2 N–H and O–H groups in total. The van der Waals surface area contributed by atoms with E-state index >= 15 is 0 Å². The number of carbonyl (C=O) groups excluding carboxylic acids is 1. The van der Waals surface area contributed by atoms with E-state index in [1.54, 1.807) is 6.07 Å². The van der Waals surface area contributed by atoms with Gasteiger partial charge in [0.15, 0.2) is 0 Å². The third-order valence-electron chi connectivity index (χ3n) is 1.98. The fraction of sp³-hybridized carbons (Fsp3) is 0.273. The summed E-state index contributed by atoms with van der Waals surface area (Å²) in [4.78, 5) is 11.2. The standard InChI is InChI=1S/C11H9F4N3O/c12-8-3-7(4-16)1-2-9(8)18-10(19)5-17-6-11(13,14)15/h1-3,17H,5-6H2,(H,18,19). The van der Waals surface area contributed by atoms with Crippen molar-refractivity contribution < 1.29 is 22.4 Å². The van der Waals surface area contributed by atoms with Crippen LogP contribution in [0.4, 0.5) is 23.2 Å². The van der Waals surface area contributed by atoms with Crippen LogP contribution in [0.3, 0.4) is 0 Å². The fourth-order valence-electron chi connectivity index (χ4n) is 1.20. The molecule has 0 aromatic heterocycles. The monoisotopic (exact) mass is 275 g/mol. The van der Waals surface area contributed by atoms with E-state index in [4.69, 9.17) is 5.26 Å². The predicted molar refractivity (Wildman–Crippen MR) is 58.7 cm³/mol. The second-order valence-corrected chi connectivity index (χ2v) is 3.57. The molecule has 0 aliphatic carbocycles. The number of nitrogens with one attached hydrogen (secondary N) is 2. The summed E-state index contributed by atoms with van der Waals surface area (Å²) in [7, 11) is 0. The van der Waals surface area contributed by atoms with Gasteiger partial charge in [0.1, 0.15) is 5.82 Å². The maximum absolute atomic E-state index is 13.3. The third-order valence-corrected chi connectivity index (χ3v) is 1.98. The van der Waals surface area contributed by atoms with Gasteiger partial charge in [0.05, 0.1) is 30.4 Å². The number of benzene rings is 1. The van der Waals surface area contributed by atoms with Crippen molar-refractivity contribution in [2.24, 2.45) is 0 Å². The molecule has 1 aromatic rings. The Labute approximate surface area is 106 Å². The molecular formula is C11H9F4N3O. The summed E-state index contributed by atoms with van der Waals surface area (Å²) in [5.41, 5.74) is -0.122. The molecule has 0 aliphatic heterocycles. The Hall–Kier alpha value is -2.14. The molecule has 0 spiro atoms. The van der Waals surface area contributed by atoms with Gasteiger partial charge < -0.3 is 10.6 Å². The maximum Gasteiger partial charge on any atom is 0.401 e. The molecule has 0 bridgehead atoms. The second kappa shape index (κ2) is 6.15. The first-order valence-corrected chi connectivity index (χ1v) is 5.09. The van der Waals surface area contributed by atoms with Crippen LogP contribution in [0.25, 0.3) is 0 Å². The number of rotatable bonds is 4. The van der Waals surface area contributed by atoms with Gasteiger partial charge in [0, 0.05) is 0 Å². The molecule has 0 radical (unpaired) electrons. The molecular weight excluding hydrogens is 266 g/mol. The number of hydrogen-bond donors (Lipinski definition) is 2. The van der Waals surface area contributed by atoms with Gasteiger partial charge in [-0.15, -0.1) is 0 Å². The van der Waals surface area contributed by atoms with E-state index in [0.717, 1.165) is 12.1 Å². The number of nitriles is 1. The van der Waals surface area contributed by atoms with Crippen LogP contribution in [-0.2, 0) is 4.79 Å². The second-order valence-electron chi connectivity index (χ2n) is 3.57. The average Bonchev–Trinajstić information content (AvgIpc) is 2.30. The van der Waals surface area contributed by atoms with E-state index in [1.807, 2.05) is 5.32 Å². The zero-order valence-electron chi connectivity index (χ0n) is 9.51. The van der Waals surface area contributed by atoms with Crippen LogP contribution < -0.4 is 10.6 Å². The summed E-state index contributed by atoms with van der Waals surface area (Å²) in [6.07, 6.45) is -4.42. The zero-order chi connectivity index (χ0) is 14.5. The van der Waals surface area contributed by atoms with Gasteiger partial charge in [-0.2, -0.15) is 18.4 Å². The summed E-state index contributed by atoms with van der Waals surface area (Å²) in [6, 6.07) is 5.07. The molecule has 0 saturated carbocycles. The highest BCUT2D eigenvalue weighted by molar-refractivity contribution is 5.92. The van der Waals surface area contributed by atoms with Crippen LogP contribution in [0.15, 0.2) is 18.2 Å². The number of halogens is 4. The number of amides is 1. The molecule has 4 nitrogen and oxygen atoms in total. The molecule has 0 unspecified atom stereocenters. The van der Waals surface area contributed by atoms with Crippen molar-refractivity contribution in [3.05, 3.63) is 29.6 Å². The summed E-state index contributed by atoms with van der Waals surface area (Å²) in [5, 5.41) is 12.5.